The number of nitrogens with zero attached hydrogens (tertiary/aromatic N) is 1. The van der Waals surface area contributed by atoms with E-state index in [-0.39, 0.29) is 6.04 Å². The lowest BCUT2D eigenvalue weighted by Gasteiger charge is -2.17. The van der Waals surface area contributed by atoms with Crippen LogP contribution in [0.5, 0.6) is 0 Å². The molecule has 0 saturated heterocycles. The molecule has 180 valence electrons. The fraction of sp³-hybridized carbons (Fsp3) is 0.242. The fourth-order valence-corrected chi connectivity index (χ4v) is 5.34. The summed E-state index contributed by atoms with van der Waals surface area (Å²) < 4.78 is 5.79. The van der Waals surface area contributed by atoms with Crippen LogP contribution in [0.15, 0.2) is 95.5 Å². The van der Waals surface area contributed by atoms with Gasteiger partial charge in [0.1, 0.15) is 11.4 Å². The molecule has 3 nitrogen and oxygen atoms in total. The van der Waals surface area contributed by atoms with Crippen molar-refractivity contribution in [1.82, 2.24) is 5.16 Å². The zero-order valence-electron chi connectivity index (χ0n) is 21.2. The van der Waals surface area contributed by atoms with E-state index in [4.69, 9.17) is 4.52 Å². The molecule has 1 atom stereocenters. The molecule has 1 saturated carbocycles. The van der Waals surface area contributed by atoms with E-state index in [1.807, 2.05) is 6.92 Å². The van der Waals surface area contributed by atoms with Crippen LogP contribution in [0, 0.1) is 6.92 Å². The maximum atomic E-state index is 5.79. The number of nitrogens with one attached hydrogen (secondary N) is 1. The first kappa shape index (κ1) is 22.6. The first-order chi connectivity index (χ1) is 17.6. The van der Waals surface area contributed by atoms with Crippen molar-refractivity contribution in [3.05, 3.63) is 108 Å². The molecule has 1 fully saturated rings. The summed E-state index contributed by atoms with van der Waals surface area (Å²) >= 11 is 0. The average molecular weight is 473 g/mol. The van der Waals surface area contributed by atoms with Crippen molar-refractivity contribution in [2.24, 2.45) is 0 Å². The highest BCUT2D eigenvalue weighted by molar-refractivity contribution is 5.83. The predicted molar refractivity (Wildman–Crippen MR) is 149 cm³/mol. The van der Waals surface area contributed by atoms with Gasteiger partial charge in [-0.15, -0.1) is 0 Å². The second kappa shape index (κ2) is 8.98. The lowest BCUT2D eigenvalue weighted by atomic mass is 9.91. The Labute approximate surface area is 213 Å². The van der Waals surface area contributed by atoms with Crippen LogP contribution in [0.25, 0.3) is 33.2 Å². The number of hydrogen-bond acceptors (Lipinski definition) is 3. The average Bonchev–Trinajstić information content (AvgIpc) is 3.66. The summed E-state index contributed by atoms with van der Waals surface area (Å²) in [7, 11) is 0. The molecule has 0 radical (unpaired) electrons. The van der Waals surface area contributed by atoms with Gasteiger partial charge >= 0.3 is 0 Å². The predicted octanol–water partition coefficient (Wildman–Crippen LogP) is 9.08. The topological polar surface area (TPSA) is 38.1 Å². The zero-order valence-corrected chi connectivity index (χ0v) is 21.2. The van der Waals surface area contributed by atoms with Crippen molar-refractivity contribution in [2.75, 3.05) is 5.32 Å². The van der Waals surface area contributed by atoms with Crippen LogP contribution >= 0.6 is 0 Å². The standard InChI is InChI=1S/C33H32N2O/c1-4-33(19-20-33)30-17-15-26(16-18-30)25-9-12-27(13-10-25)32-31(23(3)35-36-32)34-22(2)28-14-11-24-7-5-6-8-29(24)21-28/h5-18,21-22,34H,4,19-20H2,1-3H3. The van der Waals surface area contributed by atoms with Crippen LogP contribution in [0.4, 0.5) is 5.69 Å². The van der Waals surface area contributed by atoms with Crippen LogP contribution in [0.2, 0.25) is 0 Å². The van der Waals surface area contributed by atoms with Gasteiger partial charge in [-0.25, -0.2) is 0 Å². The Morgan fingerprint density at radius 2 is 1.47 bits per heavy atom. The Bertz CT molecular complexity index is 1510. The number of rotatable bonds is 7. The van der Waals surface area contributed by atoms with E-state index in [1.54, 1.807) is 0 Å². The smallest absolute Gasteiger partial charge is 0.190 e. The van der Waals surface area contributed by atoms with Crippen molar-refractivity contribution in [1.29, 1.82) is 0 Å². The summed E-state index contributed by atoms with van der Waals surface area (Å²) in [6.45, 7) is 6.47. The third-order valence-corrected chi connectivity index (χ3v) is 8.01. The number of aromatic nitrogens is 1. The lowest BCUT2D eigenvalue weighted by molar-refractivity contribution is 0.427. The highest BCUT2D eigenvalue weighted by atomic mass is 16.5. The van der Waals surface area contributed by atoms with E-state index in [1.165, 1.54) is 52.3 Å². The third-order valence-electron chi connectivity index (χ3n) is 8.01. The fourth-order valence-electron chi connectivity index (χ4n) is 5.34. The SMILES string of the molecule is CCC1(c2ccc(-c3ccc(-c4onc(C)c4NC(C)c4ccc5ccccc5c4)cc3)cc2)CC1. The number of aryl methyl sites for hydroxylation is 1. The molecular formula is C33H32N2O. The van der Waals surface area contributed by atoms with Gasteiger partial charge in [0.2, 0.25) is 0 Å². The summed E-state index contributed by atoms with van der Waals surface area (Å²) in [4.78, 5) is 0. The van der Waals surface area contributed by atoms with E-state index in [9.17, 15) is 0 Å². The largest absolute Gasteiger partial charge is 0.374 e. The van der Waals surface area contributed by atoms with Gasteiger partial charge in [-0.2, -0.15) is 0 Å². The number of hydrogen-bond donors (Lipinski definition) is 1. The van der Waals surface area contributed by atoms with Gasteiger partial charge in [-0.1, -0.05) is 97.0 Å². The minimum absolute atomic E-state index is 0.113. The van der Waals surface area contributed by atoms with Crippen LogP contribution in [-0.4, -0.2) is 5.16 Å². The van der Waals surface area contributed by atoms with Gasteiger partial charge < -0.3 is 9.84 Å². The van der Waals surface area contributed by atoms with E-state index < -0.39 is 0 Å². The second-order valence-corrected chi connectivity index (χ2v) is 10.2. The molecule has 0 spiro atoms. The first-order valence-corrected chi connectivity index (χ1v) is 13.0. The molecule has 1 aliphatic carbocycles. The maximum Gasteiger partial charge on any atom is 0.190 e. The highest BCUT2D eigenvalue weighted by Gasteiger charge is 2.42. The van der Waals surface area contributed by atoms with E-state index in [0.717, 1.165) is 22.7 Å². The normalized spacial score (nSPS) is 15.1. The van der Waals surface area contributed by atoms with Gasteiger partial charge in [0.15, 0.2) is 5.76 Å². The molecule has 1 heterocycles. The quantitative estimate of drug-likeness (QED) is 0.257. The van der Waals surface area contributed by atoms with Crippen molar-refractivity contribution in [2.45, 2.75) is 51.5 Å². The molecule has 1 unspecified atom stereocenters. The highest BCUT2D eigenvalue weighted by Crippen LogP contribution is 2.51. The summed E-state index contributed by atoms with van der Waals surface area (Å²) in [5.74, 6) is 0.778. The molecule has 1 aliphatic rings. The number of fused-ring (bicyclic) bond motifs is 1. The molecule has 1 aromatic heterocycles. The minimum atomic E-state index is 0.113. The van der Waals surface area contributed by atoms with E-state index in [2.05, 4.69) is 115 Å². The van der Waals surface area contributed by atoms with Gasteiger partial charge in [0.05, 0.1) is 0 Å². The van der Waals surface area contributed by atoms with Gasteiger partial charge in [0.25, 0.3) is 0 Å². The molecule has 0 amide bonds. The van der Waals surface area contributed by atoms with Gasteiger partial charge in [-0.3, -0.25) is 0 Å². The molecule has 4 aromatic carbocycles. The molecule has 5 aromatic rings. The van der Waals surface area contributed by atoms with E-state index in [0.29, 0.717) is 5.41 Å². The molecule has 0 aliphatic heterocycles. The maximum absolute atomic E-state index is 5.79. The Hall–Kier alpha value is -3.85. The Kier molecular flexibility index (Phi) is 5.64. The Balaban J connectivity index is 1.23. The lowest BCUT2D eigenvalue weighted by Crippen LogP contribution is -2.07. The van der Waals surface area contributed by atoms with Crippen LogP contribution in [0.3, 0.4) is 0 Å². The third kappa shape index (κ3) is 4.09. The molecule has 6 rings (SSSR count). The Morgan fingerprint density at radius 3 is 2.14 bits per heavy atom. The van der Waals surface area contributed by atoms with E-state index >= 15 is 0 Å². The summed E-state index contributed by atoms with van der Waals surface area (Å²) in [5, 5.41) is 10.4. The molecule has 36 heavy (non-hydrogen) atoms. The van der Waals surface area contributed by atoms with Gasteiger partial charge in [0, 0.05) is 11.6 Å². The minimum Gasteiger partial charge on any atom is -0.374 e. The molecule has 0 bridgehead atoms. The molecular weight excluding hydrogens is 440 g/mol. The summed E-state index contributed by atoms with van der Waals surface area (Å²) in [6.07, 6.45) is 3.88. The monoisotopic (exact) mass is 472 g/mol. The Morgan fingerprint density at radius 1 is 0.833 bits per heavy atom. The van der Waals surface area contributed by atoms with Crippen molar-refractivity contribution >= 4 is 16.5 Å². The summed E-state index contributed by atoms with van der Waals surface area (Å²) in [6, 6.07) is 32.9. The number of anilines is 1. The molecule has 3 heteroatoms. The second-order valence-electron chi connectivity index (χ2n) is 10.2. The summed E-state index contributed by atoms with van der Waals surface area (Å²) in [5.41, 5.74) is 8.45. The molecule has 1 N–H and O–H groups in total. The van der Waals surface area contributed by atoms with Crippen LogP contribution < -0.4 is 5.32 Å². The van der Waals surface area contributed by atoms with Crippen LogP contribution in [0.1, 0.15) is 56.0 Å². The van der Waals surface area contributed by atoms with Crippen molar-refractivity contribution in [3.8, 4) is 22.5 Å². The van der Waals surface area contributed by atoms with Gasteiger partial charge in [-0.05, 0) is 77.6 Å². The van der Waals surface area contributed by atoms with Crippen LogP contribution in [-0.2, 0) is 5.41 Å². The number of benzene rings is 4. The zero-order chi connectivity index (χ0) is 24.7. The van der Waals surface area contributed by atoms with Crippen molar-refractivity contribution in [3.63, 3.8) is 0 Å². The van der Waals surface area contributed by atoms with Crippen molar-refractivity contribution < 1.29 is 4.52 Å². The first-order valence-electron chi connectivity index (χ1n) is 13.0.